The number of para-hydroxylation sites is 1. The molecule has 1 amide bonds. The van der Waals surface area contributed by atoms with Crippen molar-refractivity contribution in [2.75, 3.05) is 18.2 Å². The van der Waals surface area contributed by atoms with Crippen LogP contribution < -0.4 is 10.1 Å². The summed E-state index contributed by atoms with van der Waals surface area (Å²) in [5.41, 5.74) is 1.80. The Morgan fingerprint density at radius 1 is 1.22 bits per heavy atom. The molecule has 1 heterocycles. The van der Waals surface area contributed by atoms with Crippen molar-refractivity contribution in [2.24, 2.45) is 0 Å². The molecule has 0 saturated carbocycles. The fourth-order valence-corrected chi connectivity index (χ4v) is 3.93. The maximum absolute atomic E-state index is 11.9. The maximum atomic E-state index is 11.9. The molecule has 6 heteroatoms. The van der Waals surface area contributed by atoms with Crippen LogP contribution in [0.4, 0.5) is 5.69 Å². The predicted molar refractivity (Wildman–Crippen MR) is 97.4 cm³/mol. The Morgan fingerprint density at radius 2 is 2.00 bits per heavy atom. The van der Waals surface area contributed by atoms with E-state index in [1.807, 2.05) is 42.5 Å². The van der Waals surface area contributed by atoms with Crippen LogP contribution in [0.2, 0.25) is 0 Å². The van der Waals surface area contributed by atoms with Gasteiger partial charge < -0.3 is 10.1 Å². The number of nitrogens with one attached hydrogen (secondary N) is 1. The fraction of sp³-hybridized carbons (Fsp3) is 0.176. The Hall–Kier alpha value is -2.05. The summed E-state index contributed by atoms with van der Waals surface area (Å²) in [4.78, 5) is 16.5. The number of ether oxygens (including phenoxy) is 1. The van der Waals surface area contributed by atoms with Crippen molar-refractivity contribution in [3.05, 3.63) is 53.5 Å². The number of hydrogen-bond donors (Lipinski definition) is 1. The molecule has 0 aliphatic rings. The highest BCUT2D eigenvalue weighted by atomic mass is 32.2. The lowest BCUT2D eigenvalue weighted by atomic mass is 10.3. The summed E-state index contributed by atoms with van der Waals surface area (Å²) in [5.74, 6) is 1.91. The van der Waals surface area contributed by atoms with Crippen molar-refractivity contribution in [3.8, 4) is 5.75 Å². The molecular formula is C17H16N2O2S2. The molecule has 0 spiro atoms. The number of carbonyl (C=O) groups excluding carboxylic acids is 1. The average Bonchev–Trinajstić information content (AvgIpc) is 2.98. The largest absolute Gasteiger partial charge is 0.497 e. The summed E-state index contributed by atoms with van der Waals surface area (Å²) in [7, 11) is 1.62. The van der Waals surface area contributed by atoms with Gasteiger partial charge in [-0.05, 0) is 36.4 Å². The number of hydrogen-bond acceptors (Lipinski definition) is 5. The van der Waals surface area contributed by atoms with Gasteiger partial charge in [-0.2, -0.15) is 0 Å². The molecule has 0 aliphatic carbocycles. The summed E-state index contributed by atoms with van der Waals surface area (Å²) < 4.78 is 6.28. The molecule has 0 radical (unpaired) electrons. The molecule has 23 heavy (non-hydrogen) atoms. The molecule has 1 aromatic heterocycles. The summed E-state index contributed by atoms with van der Waals surface area (Å²) in [6.45, 7) is 0. The van der Waals surface area contributed by atoms with Gasteiger partial charge in [0.1, 0.15) is 10.8 Å². The minimum absolute atomic E-state index is 0.0127. The van der Waals surface area contributed by atoms with E-state index in [4.69, 9.17) is 4.74 Å². The summed E-state index contributed by atoms with van der Waals surface area (Å²) in [5, 5.41) is 3.92. The Bertz CT molecular complexity index is 767. The van der Waals surface area contributed by atoms with Gasteiger partial charge in [0.15, 0.2) is 0 Å². The van der Waals surface area contributed by atoms with E-state index in [0.29, 0.717) is 5.75 Å². The lowest BCUT2D eigenvalue weighted by molar-refractivity contribution is -0.113. The number of amides is 1. The molecular weight excluding hydrogens is 328 g/mol. The second kappa shape index (κ2) is 7.48. The minimum atomic E-state index is -0.0127. The predicted octanol–water partition coefficient (Wildman–Crippen LogP) is 4.18. The van der Waals surface area contributed by atoms with E-state index in [2.05, 4.69) is 16.4 Å². The van der Waals surface area contributed by atoms with Gasteiger partial charge in [0, 0.05) is 11.4 Å². The first kappa shape index (κ1) is 15.8. The van der Waals surface area contributed by atoms with Gasteiger partial charge in [0.05, 0.1) is 23.1 Å². The van der Waals surface area contributed by atoms with Crippen LogP contribution in [0.5, 0.6) is 5.75 Å². The number of thioether (sulfide) groups is 1. The van der Waals surface area contributed by atoms with Crippen LogP contribution in [0.15, 0.2) is 48.5 Å². The van der Waals surface area contributed by atoms with Crippen molar-refractivity contribution in [2.45, 2.75) is 5.75 Å². The van der Waals surface area contributed by atoms with Crippen LogP contribution in [-0.2, 0) is 10.5 Å². The Balaban J connectivity index is 1.48. The highest BCUT2D eigenvalue weighted by Crippen LogP contribution is 2.24. The number of rotatable bonds is 6. The standard InChI is InChI=1S/C17H16N2O2S2/c1-21-13-8-6-12(7-9-13)18-16(20)10-22-11-17-19-14-4-2-3-5-15(14)23-17/h2-9H,10-11H2,1H3,(H,18,20). The van der Waals surface area contributed by atoms with Crippen molar-refractivity contribution in [1.82, 2.24) is 4.98 Å². The topological polar surface area (TPSA) is 51.2 Å². The molecule has 118 valence electrons. The van der Waals surface area contributed by atoms with Crippen LogP contribution >= 0.6 is 23.1 Å². The van der Waals surface area contributed by atoms with Crippen LogP contribution in [-0.4, -0.2) is 23.8 Å². The molecule has 0 saturated heterocycles. The summed E-state index contributed by atoms with van der Waals surface area (Å²) in [6.07, 6.45) is 0. The Labute approximate surface area is 142 Å². The van der Waals surface area contributed by atoms with E-state index in [-0.39, 0.29) is 5.91 Å². The van der Waals surface area contributed by atoms with E-state index in [1.54, 1.807) is 30.2 Å². The highest BCUT2D eigenvalue weighted by molar-refractivity contribution is 7.99. The third-order valence-electron chi connectivity index (χ3n) is 3.17. The molecule has 0 unspecified atom stereocenters. The molecule has 0 fully saturated rings. The zero-order valence-corrected chi connectivity index (χ0v) is 14.2. The molecule has 0 atom stereocenters. The van der Waals surface area contributed by atoms with Crippen LogP contribution in [0.25, 0.3) is 10.2 Å². The fourth-order valence-electron chi connectivity index (χ4n) is 2.08. The molecule has 2 aromatic carbocycles. The molecule has 3 rings (SSSR count). The van der Waals surface area contributed by atoms with Gasteiger partial charge in [-0.15, -0.1) is 23.1 Å². The average molecular weight is 344 g/mol. The lowest BCUT2D eigenvalue weighted by Gasteiger charge is -2.05. The first-order chi connectivity index (χ1) is 11.2. The zero-order chi connectivity index (χ0) is 16.1. The van der Waals surface area contributed by atoms with Crippen LogP contribution in [0.3, 0.4) is 0 Å². The van der Waals surface area contributed by atoms with Crippen molar-refractivity contribution in [1.29, 1.82) is 0 Å². The third-order valence-corrected chi connectivity index (χ3v) is 5.33. The second-order valence-corrected chi connectivity index (χ2v) is 6.95. The van der Waals surface area contributed by atoms with Crippen LogP contribution in [0, 0.1) is 0 Å². The van der Waals surface area contributed by atoms with E-state index in [1.165, 1.54) is 4.70 Å². The molecule has 4 nitrogen and oxygen atoms in total. The zero-order valence-electron chi connectivity index (χ0n) is 12.6. The molecule has 1 N–H and O–H groups in total. The summed E-state index contributed by atoms with van der Waals surface area (Å²) in [6, 6.07) is 15.4. The molecule has 0 aliphatic heterocycles. The van der Waals surface area contributed by atoms with Crippen LogP contribution in [0.1, 0.15) is 5.01 Å². The maximum Gasteiger partial charge on any atom is 0.234 e. The minimum Gasteiger partial charge on any atom is -0.497 e. The van der Waals surface area contributed by atoms with Gasteiger partial charge in [0.25, 0.3) is 0 Å². The van der Waals surface area contributed by atoms with Gasteiger partial charge in [0.2, 0.25) is 5.91 Å². The molecule has 0 bridgehead atoms. The monoisotopic (exact) mass is 344 g/mol. The first-order valence-corrected chi connectivity index (χ1v) is 9.08. The Kier molecular flexibility index (Phi) is 5.15. The Morgan fingerprint density at radius 3 is 2.74 bits per heavy atom. The van der Waals surface area contributed by atoms with Gasteiger partial charge in [-0.1, -0.05) is 12.1 Å². The summed E-state index contributed by atoms with van der Waals surface area (Å²) >= 11 is 3.25. The number of benzene rings is 2. The molecule has 3 aromatic rings. The second-order valence-electron chi connectivity index (χ2n) is 4.84. The number of thiazole rings is 1. The third kappa shape index (κ3) is 4.24. The van der Waals surface area contributed by atoms with E-state index in [0.717, 1.165) is 27.7 Å². The number of fused-ring (bicyclic) bond motifs is 1. The first-order valence-electron chi connectivity index (χ1n) is 7.11. The van der Waals surface area contributed by atoms with Gasteiger partial charge in [-0.25, -0.2) is 4.98 Å². The van der Waals surface area contributed by atoms with Gasteiger partial charge in [-0.3, -0.25) is 4.79 Å². The van der Waals surface area contributed by atoms with E-state index >= 15 is 0 Å². The van der Waals surface area contributed by atoms with Crippen molar-refractivity contribution >= 4 is 44.9 Å². The number of anilines is 1. The van der Waals surface area contributed by atoms with E-state index < -0.39 is 0 Å². The van der Waals surface area contributed by atoms with E-state index in [9.17, 15) is 4.79 Å². The number of methoxy groups -OCH3 is 1. The lowest BCUT2D eigenvalue weighted by Crippen LogP contribution is -2.14. The quantitative estimate of drug-likeness (QED) is 0.729. The highest BCUT2D eigenvalue weighted by Gasteiger charge is 2.06. The SMILES string of the molecule is COc1ccc(NC(=O)CSCc2nc3ccccc3s2)cc1. The number of nitrogens with zero attached hydrogens (tertiary/aromatic N) is 1. The van der Waals surface area contributed by atoms with Gasteiger partial charge >= 0.3 is 0 Å². The smallest absolute Gasteiger partial charge is 0.234 e. The normalized spacial score (nSPS) is 10.7. The number of aromatic nitrogens is 1. The van der Waals surface area contributed by atoms with Crippen molar-refractivity contribution < 1.29 is 9.53 Å². The number of carbonyl (C=O) groups is 1. The van der Waals surface area contributed by atoms with Crippen molar-refractivity contribution in [3.63, 3.8) is 0 Å².